The zero-order valence-corrected chi connectivity index (χ0v) is 9.46. The quantitative estimate of drug-likeness (QED) is 0.722. The van der Waals surface area contributed by atoms with E-state index in [-0.39, 0.29) is 5.75 Å². The Bertz CT molecular complexity index is 263. The van der Waals surface area contributed by atoms with Gasteiger partial charge in [0, 0.05) is 0 Å². The highest BCUT2D eigenvalue weighted by Crippen LogP contribution is 2.20. The van der Waals surface area contributed by atoms with E-state index in [0.717, 1.165) is 32.4 Å². The van der Waals surface area contributed by atoms with Crippen LogP contribution in [-0.4, -0.2) is 43.8 Å². The first-order chi connectivity index (χ1) is 6.47. The maximum Gasteiger partial charge on any atom is 0.264 e. The van der Waals surface area contributed by atoms with Gasteiger partial charge in [0.25, 0.3) is 10.1 Å². The lowest BCUT2D eigenvalue weighted by Crippen LogP contribution is -2.19. The van der Waals surface area contributed by atoms with Crippen molar-refractivity contribution >= 4 is 10.1 Å². The molecule has 0 aromatic rings. The summed E-state index contributed by atoms with van der Waals surface area (Å²) < 4.78 is 29.8. The van der Waals surface area contributed by atoms with Gasteiger partial charge < -0.3 is 4.90 Å². The van der Waals surface area contributed by atoms with Crippen LogP contribution in [0.5, 0.6) is 0 Å². The van der Waals surface area contributed by atoms with Gasteiger partial charge >= 0.3 is 0 Å². The van der Waals surface area contributed by atoms with Crippen LogP contribution >= 0.6 is 0 Å². The molecule has 1 N–H and O–H groups in total. The van der Waals surface area contributed by atoms with Crippen molar-refractivity contribution in [2.24, 2.45) is 5.92 Å². The maximum absolute atomic E-state index is 10.6. The van der Waals surface area contributed by atoms with E-state index in [1.807, 2.05) is 0 Å². The molecule has 1 atom stereocenters. The smallest absolute Gasteiger partial charge is 0.264 e. The molecule has 0 saturated carbocycles. The van der Waals surface area contributed by atoms with Gasteiger partial charge in [-0.3, -0.25) is 4.55 Å². The molecular weight excluding hydrogens is 202 g/mol. The van der Waals surface area contributed by atoms with Crippen molar-refractivity contribution in [3.8, 4) is 0 Å². The van der Waals surface area contributed by atoms with E-state index < -0.39 is 10.1 Å². The van der Waals surface area contributed by atoms with Gasteiger partial charge in [-0.25, -0.2) is 0 Å². The molecule has 5 heteroatoms. The third-order valence-electron chi connectivity index (χ3n) is 2.86. The molecule has 1 aliphatic rings. The van der Waals surface area contributed by atoms with Crippen LogP contribution in [0.2, 0.25) is 0 Å². The highest BCUT2D eigenvalue weighted by molar-refractivity contribution is 7.85. The van der Waals surface area contributed by atoms with Crippen LogP contribution < -0.4 is 0 Å². The van der Waals surface area contributed by atoms with Crippen LogP contribution in [0.1, 0.15) is 25.7 Å². The van der Waals surface area contributed by atoms with Crippen molar-refractivity contribution in [1.82, 2.24) is 4.90 Å². The first-order valence-electron chi connectivity index (χ1n) is 5.11. The van der Waals surface area contributed by atoms with Gasteiger partial charge in [-0.2, -0.15) is 8.42 Å². The summed E-state index contributed by atoms with van der Waals surface area (Å²) in [5, 5.41) is 0. The normalized spacial score (nSPS) is 26.0. The van der Waals surface area contributed by atoms with Crippen LogP contribution in [-0.2, 0) is 10.1 Å². The lowest BCUT2D eigenvalue weighted by Gasteiger charge is -2.13. The van der Waals surface area contributed by atoms with Crippen molar-refractivity contribution in [2.45, 2.75) is 25.7 Å². The summed E-state index contributed by atoms with van der Waals surface area (Å²) in [6.45, 7) is 2.14. The first kappa shape index (κ1) is 11.9. The van der Waals surface area contributed by atoms with Crippen LogP contribution in [0.25, 0.3) is 0 Å². The molecule has 1 aliphatic heterocycles. The zero-order chi connectivity index (χ0) is 10.6. The fourth-order valence-electron chi connectivity index (χ4n) is 1.91. The first-order valence-corrected chi connectivity index (χ1v) is 6.72. The van der Waals surface area contributed by atoms with Crippen molar-refractivity contribution in [1.29, 1.82) is 0 Å². The van der Waals surface area contributed by atoms with E-state index >= 15 is 0 Å². The van der Waals surface area contributed by atoms with E-state index in [4.69, 9.17) is 4.55 Å². The van der Waals surface area contributed by atoms with Crippen LogP contribution in [0.4, 0.5) is 0 Å². The van der Waals surface area contributed by atoms with E-state index in [1.165, 1.54) is 0 Å². The van der Waals surface area contributed by atoms with E-state index in [2.05, 4.69) is 11.9 Å². The van der Waals surface area contributed by atoms with Gasteiger partial charge in [0.1, 0.15) is 0 Å². The number of hydrogen-bond acceptors (Lipinski definition) is 3. The Morgan fingerprint density at radius 3 is 2.71 bits per heavy atom. The molecule has 0 aromatic heterocycles. The van der Waals surface area contributed by atoms with Gasteiger partial charge in [0.05, 0.1) is 5.75 Å². The van der Waals surface area contributed by atoms with Crippen LogP contribution in [0, 0.1) is 5.92 Å². The third kappa shape index (κ3) is 4.93. The summed E-state index contributed by atoms with van der Waals surface area (Å²) in [6, 6.07) is 0. The molecule has 1 saturated heterocycles. The molecule has 0 aromatic carbocycles. The van der Waals surface area contributed by atoms with Gasteiger partial charge in [-0.1, -0.05) is 0 Å². The minimum absolute atomic E-state index is 0.0820. The Balaban J connectivity index is 2.31. The van der Waals surface area contributed by atoms with Crippen molar-refractivity contribution in [3.63, 3.8) is 0 Å². The molecule has 4 nitrogen and oxygen atoms in total. The van der Waals surface area contributed by atoms with Crippen LogP contribution in [0.3, 0.4) is 0 Å². The zero-order valence-electron chi connectivity index (χ0n) is 8.65. The summed E-state index contributed by atoms with van der Waals surface area (Å²) >= 11 is 0. The molecule has 1 fully saturated rings. The molecule has 0 aliphatic carbocycles. The lowest BCUT2D eigenvalue weighted by molar-refractivity contribution is 0.340. The topological polar surface area (TPSA) is 57.6 Å². The predicted octanol–water partition coefficient (Wildman–Crippen LogP) is 0.996. The Labute approximate surface area is 86.0 Å². The molecule has 0 bridgehead atoms. The molecule has 1 heterocycles. The van der Waals surface area contributed by atoms with Crippen molar-refractivity contribution in [2.75, 3.05) is 25.9 Å². The standard InChI is InChI=1S/C9H19NO3S/c1-10-6-2-3-9(4-7-10)5-8-14(11,12)13/h9H,2-8H2,1H3,(H,11,12,13). The molecule has 0 spiro atoms. The molecule has 0 amide bonds. The van der Waals surface area contributed by atoms with Gasteiger partial charge in [0.15, 0.2) is 0 Å². The van der Waals surface area contributed by atoms with Gasteiger partial charge in [-0.05, 0) is 51.7 Å². The number of rotatable bonds is 3. The lowest BCUT2D eigenvalue weighted by atomic mass is 9.98. The second-order valence-corrected chi connectivity index (χ2v) is 5.75. The molecule has 1 rings (SSSR count). The van der Waals surface area contributed by atoms with E-state index in [0.29, 0.717) is 12.3 Å². The SMILES string of the molecule is CN1CCCC(CCS(=O)(=O)O)CC1. The number of likely N-dealkylation sites (tertiary alicyclic amines) is 1. The molecule has 14 heavy (non-hydrogen) atoms. The monoisotopic (exact) mass is 221 g/mol. The maximum atomic E-state index is 10.6. The Morgan fingerprint density at radius 1 is 1.36 bits per heavy atom. The average Bonchev–Trinajstić information content (AvgIpc) is 2.25. The molecular formula is C9H19NO3S. The predicted molar refractivity (Wildman–Crippen MR) is 55.9 cm³/mol. The minimum Gasteiger partial charge on any atom is -0.306 e. The van der Waals surface area contributed by atoms with Crippen molar-refractivity contribution in [3.05, 3.63) is 0 Å². The van der Waals surface area contributed by atoms with Gasteiger partial charge in [-0.15, -0.1) is 0 Å². The summed E-state index contributed by atoms with van der Waals surface area (Å²) in [5.41, 5.74) is 0. The van der Waals surface area contributed by atoms with Crippen molar-refractivity contribution < 1.29 is 13.0 Å². The fraction of sp³-hybridized carbons (Fsp3) is 1.00. The van der Waals surface area contributed by atoms with E-state index in [1.54, 1.807) is 0 Å². The fourth-order valence-corrected chi connectivity index (χ4v) is 2.54. The number of nitrogens with zero attached hydrogens (tertiary/aromatic N) is 1. The molecule has 84 valence electrons. The second-order valence-electron chi connectivity index (χ2n) is 4.17. The highest BCUT2D eigenvalue weighted by atomic mass is 32.2. The van der Waals surface area contributed by atoms with E-state index in [9.17, 15) is 8.42 Å². The molecule has 0 radical (unpaired) electrons. The summed E-state index contributed by atoms with van der Waals surface area (Å²) in [6.07, 6.45) is 3.87. The third-order valence-corrected chi connectivity index (χ3v) is 3.61. The molecule has 1 unspecified atom stereocenters. The highest BCUT2D eigenvalue weighted by Gasteiger charge is 2.16. The summed E-state index contributed by atoms with van der Waals surface area (Å²) in [4.78, 5) is 2.27. The van der Waals surface area contributed by atoms with Crippen LogP contribution in [0.15, 0.2) is 0 Å². The Morgan fingerprint density at radius 2 is 2.07 bits per heavy atom. The minimum atomic E-state index is -3.76. The van der Waals surface area contributed by atoms with Gasteiger partial charge in [0.2, 0.25) is 0 Å². The Hall–Kier alpha value is -0.130. The largest absolute Gasteiger partial charge is 0.306 e. The number of hydrogen-bond donors (Lipinski definition) is 1. The average molecular weight is 221 g/mol. The summed E-state index contributed by atoms with van der Waals surface area (Å²) in [7, 11) is -1.67. The second kappa shape index (κ2) is 5.09. The Kier molecular flexibility index (Phi) is 4.34. The summed E-state index contributed by atoms with van der Waals surface area (Å²) in [5.74, 6) is 0.378.